The molecule has 6 rings (SSSR count). The summed E-state index contributed by atoms with van der Waals surface area (Å²) < 4.78 is 5.96. The number of hydrogen-bond acceptors (Lipinski definition) is 7. The van der Waals surface area contributed by atoms with Gasteiger partial charge in [-0.3, -0.25) is 15.0 Å². The number of urea groups is 1. The van der Waals surface area contributed by atoms with E-state index in [2.05, 4.69) is 20.9 Å². The first-order valence-corrected chi connectivity index (χ1v) is 13.8. The van der Waals surface area contributed by atoms with Gasteiger partial charge in [-0.1, -0.05) is 18.2 Å². The van der Waals surface area contributed by atoms with Crippen LogP contribution >= 0.6 is 11.3 Å². The predicted octanol–water partition coefficient (Wildman–Crippen LogP) is 5.66. The maximum Gasteiger partial charge on any atom is 0.331 e. The molecule has 4 N–H and O–H groups in total. The number of benzene rings is 2. The molecule has 0 spiro atoms. The normalized spacial score (nSPS) is 19.2. The number of aliphatic hydroxyl groups excluding tert-OH is 1. The van der Waals surface area contributed by atoms with Crippen molar-refractivity contribution in [1.82, 2.24) is 15.6 Å². The van der Waals surface area contributed by atoms with E-state index in [1.165, 1.54) is 11.3 Å². The Bertz CT molecular complexity index is 1550. The van der Waals surface area contributed by atoms with E-state index in [1.807, 2.05) is 55.5 Å². The van der Waals surface area contributed by atoms with E-state index >= 15 is 0 Å². The third kappa shape index (κ3) is 4.82. The summed E-state index contributed by atoms with van der Waals surface area (Å²) in [7, 11) is 0. The van der Waals surface area contributed by atoms with Gasteiger partial charge in [0.2, 0.25) is 0 Å². The monoisotopic (exact) mass is 543 g/mol. The number of para-hydroxylation sites is 1. The Morgan fingerprint density at radius 1 is 1.13 bits per heavy atom. The number of anilines is 3. The van der Waals surface area contributed by atoms with Gasteiger partial charge in [0.05, 0.1) is 22.4 Å². The number of rotatable bonds is 7. The minimum absolute atomic E-state index is 0.00438. The second-order valence-electron chi connectivity index (χ2n) is 9.91. The molecule has 1 saturated carbocycles. The molecular weight excluding hydrogens is 514 g/mol. The van der Waals surface area contributed by atoms with E-state index in [0.717, 1.165) is 36.0 Å². The van der Waals surface area contributed by atoms with Crippen molar-refractivity contribution < 1.29 is 19.4 Å². The number of pyridine rings is 1. The number of hydrogen-bond donors (Lipinski definition) is 4. The van der Waals surface area contributed by atoms with Gasteiger partial charge in [-0.2, -0.15) is 0 Å². The summed E-state index contributed by atoms with van der Waals surface area (Å²) in [5, 5.41) is 19.7. The number of carbonyl (C=O) groups is 2. The lowest BCUT2D eigenvalue weighted by molar-refractivity contribution is 0.0916. The SMILES string of the molecule is Cc1cc(Oc2ccccc2)ccc1N1C(=O)Nc2c(C(=O)N[C@@H]3CCC[C@H]3NC(C)O)sc3nccc1c23. The Morgan fingerprint density at radius 3 is 2.69 bits per heavy atom. The smallest absolute Gasteiger partial charge is 0.331 e. The van der Waals surface area contributed by atoms with Crippen LogP contribution in [0.25, 0.3) is 10.2 Å². The first-order chi connectivity index (χ1) is 18.9. The maximum absolute atomic E-state index is 13.5. The number of aromatic nitrogens is 1. The summed E-state index contributed by atoms with van der Waals surface area (Å²) in [5.74, 6) is 1.15. The van der Waals surface area contributed by atoms with Crippen LogP contribution in [0.4, 0.5) is 21.9 Å². The van der Waals surface area contributed by atoms with Crippen LogP contribution in [0.5, 0.6) is 11.5 Å². The number of nitrogens with one attached hydrogen (secondary N) is 3. The molecule has 10 heteroatoms. The van der Waals surface area contributed by atoms with E-state index in [0.29, 0.717) is 32.5 Å². The van der Waals surface area contributed by atoms with Crippen LogP contribution < -0.4 is 25.6 Å². The number of carbonyl (C=O) groups excluding carboxylic acids is 2. The molecule has 3 atom stereocenters. The number of aryl methyl sites for hydroxylation is 1. The number of thiophene rings is 1. The average Bonchev–Trinajstić information content (AvgIpc) is 3.50. The van der Waals surface area contributed by atoms with Crippen molar-refractivity contribution in [3.63, 3.8) is 0 Å². The Kier molecular flexibility index (Phi) is 6.68. The van der Waals surface area contributed by atoms with Crippen LogP contribution in [0.15, 0.2) is 60.8 Å². The van der Waals surface area contributed by atoms with Gasteiger partial charge in [-0.25, -0.2) is 9.78 Å². The minimum atomic E-state index is -0.655. The average molecular weight is 544 g/mol. The summed E-state index contributed by atoms with van der Waals surface area (Å²) in [4.78, 5) is 34.1. The molecule has 1 fully saturated rings. The molecule has 4 aromatic rings. The molecule has 9 nitrogen and oxygen atoms in total. The van der Waals surface area contributed by atoms with E-state index in [9.17, 15) is 14.7 Å². The van der Waals surface area contributed by atoms with Gasteiger partial charge < -0.3 is 20.5 Å². The van der Waals surface area contributed by atoms with Gasteiger partial charge in [0.1, 0.15) is 27.4 Å². The fraction of sp³-hybridized carbons (Fsp3) is 0.276. The quantitative estimate of drug-likeness (QED) is 0.224. The fourth-order valence-corrected chi connectivity index (χ4v) is 6.45. The van der Waals surface area contributed by atoms with E-state index in [-0.39, 0.29) is 24.0 Å². The second-order valence-corrected chi connectivity index (χ2v) is 10.9. The number of aliphatic hydroxyl groups is 1. The zero-order valence-electron chi connectivity index (χ0n) is 21.6. The number of ether oxygens (including phenoxy) is 1. The standard InChI is InChI=1S/C29H29N5O4S/c1-16-15-19(38-18-7-4-3-5-8-18)11-12-22(16)34-23-13-14-30-28-24(23)25(33-29(34)37)26(39-28)27(36)32-21-10-6-9-20(21)31-17(2)35/h3-5,7-8,11-15,17,20-21,31,35H,6,9-10H2,1-2H3,(H,32,36)(H,33,37)/t17?,20-,21-/m1/s1. The van der Waals surface area contributed by atoms with Gasteiger partial charge >= 0.3 is 6.03 Å². The highest BCUT2D eigenvalue weighted by Gasteiger charge is 2.35. The lowest BCUT2D eigenvalue weighted by Gasteiger charge is -2.30. The zero-order chi connectivity index (χ0) is 27.1. The van der Waals surface area contributed by atoms with Crippen LogP contribution in [0.1, 0.15) is 41.4 Å². The molecule has 2 aromatic carbocycles. The predicted molar refractivity (Wildman–Crippen MR) is 152 cm³/mol. The van der Waals surface area contributed by atoms with E-state index in [1.54, 1.807) is 24.1 Å². The molecule has 0 radical (unpaired) electrons. The third-order valence-corrected chi connectivity index (χ3v) is 8.22. The van der Waals surface area contributed by atoms with E-state index < -0.39 is 6.23 Å². The molecule has 1 aliphatic heterocycles. The molecule has 1 unspecified atom stereocenters. The largest absolute Gasteiger partial charge is 0.457 e. The van der Waals surface area contributed by atoms with Crippen molar-refractivity contribution in [3.8, 4) is 11.5 Å². The van der Waals surface area contributed by atoms with Crippen molar-refractivity contribution in [2.75, 3.05) is 10.2 Å². The van der Waals surface area contributed by atoms with Crippen LogP contribution in [0.2, 0.25) is 0 Å². The Hall–Kier alpha value is -3.99. The zero-order valence-corrected chi connectivity index (χ0v) is 22.4. The molecule has 2 aromatic heterocycles. The second kappa shape index (κ2) is 10.3. The first-order valence-electron chi connectivity index (χ1n) is 13.0. The molecule has 0 saturated heterocycles. The first kappa shape index (κ1) is 25.3. The Labute approximate surface area is 229 Å². The molecule has 39 heavy (non-hydrogen) atoms. The highest BCUT2D eigenvalue weighted by Crippen LogP contribution is 2.46. The molecule has 2 aliphatic rings. The summed E-state index contributed by atoms with van der Waals surface area (Å²) in [6.07, 6.45) is 3.66. The lowest BCUT2D eigenvalue weighted by Crippen LogP contribution is -2.49. The van der Waals surface area contributed by atoms with Crippen molar-refractivity contribution in [2.24, 2.45) is 0 Å². The van der Waals surface area contributed by atoms with Gasteiger partial charge in [0.25, 0.3) is 5.91 Å². The molecule has 3 heterocycles. The summed E-state index contributed by atoms with van der Waals surface area (Å²) in [6.45, 7) is 3.60. The van der Waals surface area contributed by atoms with E-state index in [4.69, 9.17) is 4.74 Å². The molecule has 0 bridgehead atoms. The van der Waals surface area contributed by atoms with Crippen molar-refractivity contribution >= 4 is 50.6 Å². The summed E-state index contributed by atoms with van der Waals surface area (Å²) in [5.41, 5.74) is 2.72. The fourth-order valence-electron chi connectivity index (χ4n) is 5.43. The maximum atomic E-state index is 13.5. The van der Waals surface area contributed by atoms with Crippen molar-refractivity contribution in [1.29, 1.82) is 0 Å². The highest BCUT2D eigenvalue weighted by atomic mass is 32.1. The van der Waals surface area contributed by atoms with Crippen LogP contribution in [-0.4, -0.2) is 40.3 Å². The van der Waals surface area contributed by atoms with Gasteiger partial charge in [-0.05, 0) is 75.1 Å². The number of amides is 3. The van der Waals surface area contributed by atoms with Crippen LogP contribution in [-0.2, 0) is 0 Å². The minimum Gasteiger partial charge on any atom is -0.457 e. The van der Waals surface area contributed by atoms with Crippen LogP contribution in [0, 0.1) is 6.92 Å². The molecular formula is C29H29N5O4S. The number of nitrogens with zero attached hydrogens (tertiary/aromatic N) is 2. The lowest BCUT2D eigenvalue weighted by atomic mass is 10.1. The van der Waals surface area contributed by atoms with Gasteiger partial charge in [0, 0.05) is 18.3 Å². The Balaban J connectivity index is 1.31. The Morgan fingerprint density at radius 2 is 1.92 bits per heavy atom. The van der Waals surface area contributed by atoms with Gasteiger partial charge in [-0.15, -0.1) is 11.3 Å². The highest BCUT2D eigenvalue weighted by molar-refractivity contribution is 7.21. The van der Waals surface area contributed by atoms with Gasteiger partial charge in [0.15, 0.2) is 0 Å². The topological polar surface area (TPSA) is 116 Å². The summed E-state index contributed by atoms with van der Waals surface area (Å²) in [6, 6.07) is 16.5. The van der Waals surface area contributed by atoms with Crippen LogP contribution in [0.3, 0.4) is 0 Å². The summed E-state index contributed by atoms with van der Waals surface area (Å²) >= 11 is 1.26. The molecule has 200 valence electrons. The molecule has 1 aliphatic carbocycles. The van der Waals surface area contributed by atoms with Crippen molar-refractivity contribution in [2.45, 2.75) is 51.4 Å². The van der Waals surface area contributed by atoms with Crippen molar-refractivity contribution in [3.05, 3.63) is 71.2 Å². The molecule has 3 amide bonds. The third-order valence-electron chi connectivity index (χ3n) is 7.13.